The summed E-state index contributed by atoms with van der Waals surface area (Å²) in [5.74, 6) is 1.16. The number of halogens is 2. The van der Waals surface area contributed by atoms with Crippen LogP contribution in [0.15, 0.2) is 36.5 Å². The predicted molar refractivity (Wildman–Crippen MR) is 122 cm³/mol. The molecule has 1 aromatic carbocycles. The van der Waals surface area contributed by atoms with Crippen LogP contribution in [-0.2, 0) is 0 Å². The molecule has 0 radical (unpaired) electrons. The van der Waals surface area contributed by atoms with Gasteiger partial charge in [0.25, 0.3) is 0 Å². The van der Waals surface area contributed by atoms with E-state index in [-0.39, 0.29) is 23.0 Å². The molecule has 2 aliphatic heterocycles. The summed E-state index contributed by atoms with van der Waals surface area (Å²) < 4.78 is 21.3. The van der Waals surface area contributed by atoms with Crippen molar-refractivity contribution in [3.8, 4) is 11.6 Å². The Kier molecular flexibility index (Phi) is 5.44. The molecule has 32 heavy (non-hydrogen) atoms. The van der Waals surface area contributed by atoms with Gasteiger partial charge in [0.05, 0.1) is 23.6 Å². The first-order valence-electron chi connectivity index (χ1n) is 10.4. The minimum absolute atomic E-state index is 0.107. The first kappa shape index (κ1) is 20.7. The third-order valence-corrected chi connectivity index (χ3v) is 6.05. The Labute approximate surface area is 190 Å². The number of hydrogen-bond donors (Lipinski definition) is 1. The summed E-state index contributed by atoms with van der Waals surface area (Å²) in [7, 11) is 0. The Morgan fingerprint density at radius 1 is 1.28 bits per heavy atom. The molecule has 8 nitrogen and oxygen atoms in total. The molecule has 0 bridgehead atoms. The molecule has 2 aromatic heterocycles. The van der Waals surface area contributed by atoms with Gasteiger partial charge in [-0.15, -0.1) is 0 Å². The minimum Gasteiger partial charge on any atom is -0.489 e. The van der Waals surface area contributed by atoms with Gasteiger partial charge in [0, 0.05) is 43.9 Å². The number of piperazine rings is 1. The van der Waals surface area contributed by atoms with Crippen LogP contribution in [0.3, 0.4) is 0 Å². The number of aromatic nitrogens is 4. The lowest BCUT2D eigenvalue weighted by atomic mass is 10.1. The van der Waals surface area contributed by atoms with Gasteiger partial charge in [0.1, 0.15) is 23.3 Å². The molecule has 1 saturated heterocycles. The van der Waals surface area contributed by atoms with E-state index in [2.05, 4.69) is 37.0 Å². The normalized spacial score (nSPS) is 18.5. The minimum atomic E-state index is -0.235. The van der Waals surface area contributed by atoms with E-state index >= 15 is 0 Å². The highest BCUT2D eigenvalue weighted by molar-refractivity contribution is 6.29. The van der Waals surface area contributed by atoms with Crippen LogP contribution < -0.4 is 15.4 Å². The maximum atomic E-state index is 13.7. The SMILES string of the molecule is Cc1c(/C=C/CN2CCN3c4cc(F)ccc4OCC3C2)cnn1-c1cc(Cl)nc(N)n1. The van der Waals surface area contributed by atoms with E-state index in [0.717, 1.165) is 48.9 Å². The first-order chi connectivity index (χ1) is 15.5. The Bertz CT molecular complexity index is 1160. The van der Waals surface area contributed by atoms with E-state index in [1.165, 1.54) is 6.07 Å². The summed E-state index contributed by atoms with van der Waals surface area (Å²) in [5, 5.41) is 4.68. The second-order valence-electron chi connectivity index (χ2n) is 7.94. The van der Waals surface area contributed by atoms with E-state index in [1.807, 2.05) is 6.92 Å². The highest BCUT2D eigenvalue weighted by atomic mass is 35.5. The third-order valence-electron chi connectivity index (χ3n) is 5.85. The topological polar surface area (TPSA) is 85.3 Å². The summed E-state index contributed by atoms with van der Waals surface area (Å²) >= 11 is 5.99. The van der Waals surface area contributed by atoms with E-state index in [0.29, 0.717) is 12.4 Å². The average Bonchev–Trinajstić information content (AvgIpc) is 3.13. The molecule has 0 saturated carbocycles. The van der Waals surface area contributed by atoms with Crippen LogP contribution in [0.4, 0.5) is 16.0 Å². The van der Waals surface area contributed by atoms with Gasteiger partial charge in [-0.3, -0.25) is 4.90 Å². The molecular formula is C22H23ClFN7O. The Hall–Kier alpha value is -3.17. The van der Waals surface area contributed by atoms with E-state index in [4.69, 9.17) is 22.1 Å². The van der Waals surface area contributed by atoms with Gasteiger partial charge in [-0.05, 0) is 19.1 Å². The lowest BCUT2D eigenvalue weighted by molar-refractivity contribution is 0.177. The molecule has 2 N–H and O–H groups in total. The molecule has 166 valence electrons. The number of hydrogen-bond acceptors (Lipinski definition) is 7. The number of ether oxygens (including phenoxy) is 1. The maximum Gasteiger partial charge on any atom is 0.223 e. The van der Waals surface area contributed by atoms with E-state index in [1.54, 1.807) is 29.1 Å². The number of nitrogens with two attached hydrogens (primary N) is 1. The quantitative estimate of drug-likeness (QED) is 0.605. The highest BCUT2D eigenvalue weighted by Crippen LogP contribution is 2.35. The standard InChI is InChI=1S/C22H23ClFN7O/c1-14-15(11-26-31(14)21-10-20(23)27-22(25)28-21)3-2-6-29-7-8-30-17(12-29)13-32-19-5-4-16(24)9-18(19)30/h2-5,9-11,17H,6-8,12-13H2,1H3,(H2,25,27,28)/b3-2+. The van der Waals surface area contributed by atoms with Crippen LogP contribution in [0, 0.1) is 12.7 Å². The number of benzene rings is 1. The van der Waals surface area contributed by atoms with Crippen molar-refractivity contribution in [1.29, 1.82) is 0 Å². The van der Waals surface area contributed by atoms with E-state index in [9.17, 15) is 4.39 Å². The van der Waals surface area contributed by atoms with Crippen molar-refractivity contribution in [2.24, 2.45) is 0 Å². The molecule has 5 rings (SSSR count). The molecule has 1 atom stereocenters. The molecule has 0 spiro atoms. The lowest BCUT2D eigenvalue weighted by Crippen LogP contribution is -2.57. The number of rotatable bonds is 4. The molecular weight excluding hydrogens is 433 g/mol. The van der Waals surface area contributed by atoms with Gasteiger partial charge < -0.3 is 15.4 Å². The summed E-state index contributed by atoms with van der Waals surface area (Å²) in [6, 6.07) is 6.56. The molecule has 10 heteroatoms. The number of fused-ring (bicyclic) bond motifs is 3. The summed E-state index contributed by atoms with van der Waals surface area (Å²) in [4.78, 5) is 12.7. The second kappa shape index (κ2) is 8.40. The van der Waals surface area contributed by atoms with Crippen molar-refractivity contribution in [2.45, 2.75) is 13.0 Å². The van der Waals surface area contributed by atoms with Crippen LogP contribution in [0.2, 0.25) is 5.15 Å². The zero-order valence-electron chi connectivity index (χ0n) is 17.6. The number of anilines is 2. The molecule has 0 aliphatic carbocycles. The van der Waals surface area contributed by atoms with Crippen molar-refractivity contribution < 1.29 is 9.13 Å². The zero-order chi connectivity index (χ0) is 22.2. The van der Waals surface area contributed by atoms with Crippen molar-refractivity contribution in [3.63, 3.8) is 0 Å². The summed E-state index contributed by atoms with van der Waals surface area (Å²) in [6.45, 7) is 5.97. The van der Waals surface area contributed by atoms with Gasteiger partial charge in [0.15, 0.2) is 5.82 Å². The molecule has 1 unspecified atom stereocenters. The fourth-order valence-electron chi connectivity index (χ4n) is 4.25. The van der Waals surface area contributed by atoms with Gasteiger partial charge in [-0.1, -0.05) is 23.8 Å². The Morgan fingerprint density at radius 2 is 2.16 bits per heavy atom. The van der Waals surface area contributed by atoms with Gasteiger partial charge in [-0.25, -0.2) is 14.1 Å². The maximum absolute atomic E-state index is 13.7. The lowest BCUT2D eigenvalue weighted by Gasteiger charge is -2.45. The van der Waals surface area contributed by atoms with E-state index < -0.39 is 0 Å². The van der Waals surface area contributed by atoms with Crippen LogP contribution in [-0.4, -0.2) is 63.5 Å². The van der Waals surface area contributed by atoms with Gasteiger partial charge >= 0.3 is 0 Å². The van der Waals surface area contributed by atoms with Crippen molar-refractivity contribution >= 4 is 29.3 Å². The second-order valence-corrected chi connectivity index (χ2v) is 8.32. The average molecular weight is 456 g/mol. The predicted octanol–water partition coefficient (Wildman–Crippen LogP) is 2.94. The molecule has 3 aromatic rings. The third kappa shape index (κ3) is 4.01. The Balaban J connectivity index is 1.24. The largest absolute Gasteiger partial charge is 0.489 e. The van der Waals surface area contributed by atoms with Crippen molar-refractivity contribution in [3.05, 3.63) is 58.8 Å². The van der Waals surface area contributed by atoms with Crippen LogP contribution >= 0.6 is 11.6 Å². The molecule has 4 heterocycles. The van der Waals surface area contributed by atoms with Crippen LogP contribution in [0.5, 0.6) is 5.75 Å². The Morgan fingerprint density at radius 3 is 3.00 bits per heavy atom. The van der Waals surface area contributed by atoms with Gasteiger partial charge in [-0.2, -0.15) is 10.1 Å². The highest BCUT2D eigenvalue weighted by Gasteiger charge is 2.32. The zero-order valence-corrected chi connectivity index (χ0v) is 18.3. The van der Waals surface area contributed by atoms with Crippen molar-refractivity contribution in [2.75, 3.05) is 43.4 Å². The summed E-state index contributed by atoms with van der Waals surface area (Å²) in [6.07, 6.45) is 5.97. The fourth-order valence-corrected chi connectivity index (χ4v) is 4.43. The summed E-state index contributed by atoms with van der Waals surface area (Å²) in [5.41, 5.74) is 8.47. The monoisotopic (exact) mass is 455 g/mol. The first-order valence-corrected chi connectivity index (χ1v) is 10.8. The molecule has 2 aliphatic rings. The van der Waals surface area contributed by atoms with Crippen LogP contribution in [0.1, 0.15) is 11.3 Å². The molecule has 0 amide bonds. The van der Waals surface area contributed by atoms with Crippen molar-refractivity contribution in [1.82, 2.24) is 24.6 Å². The van der Waals surface area contributed by atoms with Gasteiger partial charge in [0.2, 0.25) is 5.95 Å². The number of nitrogen functional groups attached to an aromatic ring is 1. The smallest absolute Gasteiger partial charge is 0.223 e. The number of nitrogens with zero attached hydrogens (tertiary/aromatic N) is 6. The fraction of sp³-hybridized carbons (Fsp3) is 0.318. The molecule has 1 fully saturated rings. The van der Waals surface area contributed by atoms with Crippen LogP contribution in [0.25, 0.3) is 11.9 Å².